The molecule has 2 N–H and O–H groups in total. The average molecular weight is 553 g/mol. The zero-order valence-electron chi connectivity index (χ0n) is 21.8. The van der Waals surface area contributed by atoms with Gasteiger partial charge in [-0.25, -0.2) is 9.67 Å². The van der Waals surface area contributed by atoms with Crippen LogP contribution in [0.3, 0.4) is 0 Å². The van der Waals surface area contributed by atoms with E-state index in [9.17, 15) is 9.59 Å². The first-order valence-electron chi connectivity index (χ1n) is 13.6. The van der Waals surface area contributed by atoms with Crippen LogP contribution in [0.1, 0.15) is 68.8 Å². The minimum absolute atomic E-state index is 0.0309. The molecule has 8 nitrogen and oxygen atoms in total. The summed E-state index contributed by atoms with van der Waals surface area (Å²) in [6.07, 6.45) is 6.94. The Labute approximate surface area is 231 Å². The number of thiazole rings is 1. The quantitative estimate of drug-likeness (QED) is 0.395. The second-order valence-electron chi connectivity index (χ2n) is 10.6. The maximum absolute atomic E-state index is 13.0. The average Bonchev–Trinajstić information content (AvgIpc) is 3.54. The lowest BCUT2D eigenvalue weighted by Crippen LogP contribution is -2.38. The molecule has 0 radical (unpaired) electrons. The van der Waals surface area contributed by atoms with Crippen molar-refractivity contribution in [3.05, 3.63) is 40.2 Å². The lowest BCUT2D eigenvalue weighted by atomic mass is 9.95. The van der Waals surface area contributed by atoms with Crippen LogP contribution in [0, 0.1) is 5.92 Å². The number of carbonyl (C=O) groups is 2. The van der Waals surface area contributed by atoms with Gasteiger partial charge in [0.05, 0.1) is 32.7 Å². The second kappa shape index (κ2) is 10.4. The number of aryl methyl sites for hydroxylation is 1. The highest BCUT2D eigenvalue weighted by Gasteiger charge is 2.36. The normalized spacial score (nSPS) is 17.7. The summed E-state index contributed by atoms with van der Waals surface area (Å²) in [4.78, 5) is 32.8. The van der Waals surface area contributed by atoms with Crippen molar-refractivity contribution >= 4 is 45.6 Å². The molecule has 3 aliphatic rings. The van der Waals surface area contributed by atoms with Gasteiger partial charge in [0.25, 0.3) is 0 Å². The van der Waals surface area contributed by atoms with Crippen LogP contribution in [-0.2, 0) is 22.4 Å². The predicted molar refractivity (Wildman–Crippen MR) is 151 cm³/mol. The number of amides is 2. The number of piperidine rings is 1. The molecule has 1 aliphatic heterocycles. The number of nitrogens with zero attached hydrogens (tertiary/aromatic N) is 4. The summed E-state index contributed by atoms with van der Waals surface area (Å²) in [5, 5.41) is 12.1. The van der Waals surface area contributed by atoms with Crippen molar-refractivity contribution in [2.75, 3.05) is 30.3 Å². The molecule has 0 atom stereocenters. The van der Waals surface area contributed by atoms with Gasteiger partial charge in [-0.2, -0.15) is 5.10 Å². The van der Waals surface area contributed by atoms with Gasteiger partial charge < -0.3 is 15.5 Å². The lowest BCUT2D eigenvalue weighted by Gasteiger charge is -2.30. The van der Waals surface area contributed by atoms with Gasteiger partial charge in [0, 0.05) is 30.0 Å². The van der Waals surface area contributed by atoms with Crippen LogP contribution >= 0.6 is 22.9 Å². The summed E-state index contributed by atoms with van der Waals surface area (Å²) >= 11 is 8.34. The zero-order valence-corrected chi connectivity index (χ0v) is 23.4. The number of rotatable bonds is 7. The van der Waals surface area contributed by atoms with E-state index in [1.54, 1.807) is 0 Å². The minimum atomic E-state index is -0.129. The van der Waals surface area contributed by atoms with Crippen LogP contribution in [0.25, 0.3) is 16.3 Å². The maximum Gasteiger partial charge on any atom is 0.227 e. The van der Waals surface area contributed by atoms with E-state index < -0.39 is 0 Å². The van der Waals surface area contributed by atoms with Crippen LogP contribution in [0.4, 0.5) is 10.8 Å². The molecule has 3 aromatic rings. The number of anilines is 2. The van der Waals surface area contributed by atoms with Gasteiger partial charge in [0.2, 0.25) is 11.8 Å². The van der Waals surface area contributed by atoms with Crippen molar-refractivity contribution in [3.8, 4) is 16.3 Å². The summed E-state index contributed by atoms with van der Waals surface area (Å²) < 4.78 is 1.95. The molecule has 38 heavy (non-hydrogen) atoms. The number of aromatic nitrogens is 3. The molecule has 0 unspecified atom stereocenters. The monoisotopic (exact) mass is 552 g/mol. The molecule has 1 aromatic carbocycles. The molecular weight excluding hydrogens is 520 g/mol. The van der Waals surface area contributed by atoms with Gasteiger partial charge in [-0.1, -0.05) is 29.9 Å². The van der Waals surface area contributed by atoms with Crippen LogP contribution in [-0.4, -0.2) is 51.1 Å². The molecular formula is C28H33ClN6O2S. The Hall–Kier alpha value is -2.75. The van der Waals surface area contributed by atoms with E-state index in [1.165, 1.54) is 23.8 Å². The molecule has 10 heteroatoms. The van der Waals surface area contributed by atoms with E-state index in [4.69, 9.17) is 16.7 Å². The Balaban J connectivity index is 1.27. The lowest BCUT2D eigenvalue weighted by molar-refractivity contribution is -0.121. The Morgan fingerprint density at radius 3 is 2.61 bits per heavy atom. The molecule has 0 bridgehead atoms. The molecule has 3 heterocycles. The topological polar surface area (TPSA) is 92.2 Å². The molecule has 6 rings (SSSR count). The highest BCUT2D eigenvalue weighted by Crippen LogP contribution is 2.48. The first kappa shape index (κ1) is 25.5. The molecule has 200 valence electrons. The molecule has 1 saturated heterocycles. The Morgan fingerprint density at radius 1 is 1.13 bits per heavy atom. The number of hydrogen-bond donors (Lipinski definition) is 2. The van der Waals surface area contributed by atoms with Crippen molar-refractivity contribution in [1.29, 1.82) is 0 Å². The molecule has 0 spiro atoms. The van der Waals surface area contributed by atoms with Crippen molar-refractivity contribution in [1.82, 2.24) is 19.7 Å². The second-order valence-corrected chi connectivity index (χ2v) is 12.1. The third-order valence-corrected chi connectivity index (χ3v) is 9.05. The highest BCUT2D eigenvalue weighted by molar-refractivity contribution is 7.19. The van der Waals surface area contributed by atoms with Gasteiger partial charge in [-0.3, -0.25) is 9.59 Å². The van der Waals surface area contributed by atoms with Crippen molar-refractivity contribution in [3.63, 3.8) is 0 Å². The smallest absolute Gasteiger partial charge is 0.227 e. The summed E-state index contributed by atoms with van der Waals surface area (Å²) in [5.41, 5.74) is 5.92. The molecule has 2 amide bonds. The fourth-order valence-electron chi connectivity index (χ4n) is 5.70. The van der Waals surface area contributed by atoms with Crippen molar-refractivity contribution in [2.45, 2.75) is 64.7 Å². The maximum atomic E-state index is 13.0. The Kier molecular flexibility index (Phi) is 7.01. The minimum Gasteiger partial charge on any atom is -0.326 e. The number of hydrogen-bond acceptors (Lipinski definition) is 6. The number of fused-ring (bicyclic) bond motifs is 3. The largest absolute Gasteiger partial charge is 0.326 e. The Bertz CT molecular complexity index is 1390. The van der Waals surface area contributed by atoms with Gasteiger partial charge >= 0.3 is 0 Å². The molecule has 2 aromatic heterocycles. The van der Waals surface area contributed by atoms with E-state index in [-0.39, 0.29) is 17.7 Å². The first-order chi connectivity index (χ1) is 18.4. The van der Waals surface area contributed by atoms with Crippen LogP contribution in [0.2, 0.25) is 5.02 Å². The Morgan fingerprint density at radius 2 is 1.92 bits per heavy atom. The molecule has 1 saturated carbocycles. The van der Waals surface area contributed by atoms with Crippen LogP contribution in [0.5, 0.6) is 0 Å². The van der Waals surface area contributed by atoms with Gasteiger partial charge in [0.1, 0.15) is 0 Å². The van der Waals surface area contributed by atoms with E-state index in [1.807, 2.05) is 22.9 Å². The van der Waals surface area contributed by atoms with Gasteiger partial charge in [0.15, 0.2) is 5.13 Å². The third kappa shape index (κ3) is 4.99. The van der Waals surface area contributed by atoms with Gasteiger partial charge in [-0.05, 0) is 82.8 Å². The first-order valence-corrected chi connectivity index (χ1v) is 14.8. The molecule has 2 aliphatic carbocycles. The van der Waals surface area contributed by atoms with Crippen molar-refractivity contribution < 1.29 is 9.59 Å². The van der Waals surface area contributed by atoms with Crippen molar-refractivity contribution in [2.24, 2.45) is 5.92 Å². The number of nitrogens with one attached hydrogen (secondary N) is 2. The van der Waals surface area contributed by atoms with E-state index in [2.05, 4.69) is 27.4 Å². The fraction of sp³-hybridized carbons (Fsp3) is 0.500. The fourth-order valence-corrected chi connectivity index (χ4v) is 7.07. The summed E-state index contributed by atoms with van der Waals surface area (Å²) in [7, 11) is 0. The number of likely N-dealkylation sites (tertiary alicyclic amines) is 1. The SMILES string of the molecule is CCCN1CCC(C(=O)Nc2ccc(-n3nc(C4CC4)c4c3-c3sc(NC(C)=O)nc3CC4)c(Cl)c2)CC1. The van der Waals surface area contributed by atoms with Crippen LogP contribution < -0.4 is 10.6 Å². The number of benzene rings is 1. The van der Waals surface area contributed by atoms with E-state index >= 15 is 0 Å². The number of halogens is 1. The number of carbonyl (C=O) groups excluding carboxylic acids is 2. The zero-order chi connectivity index (χ0) is 26.4. The van der Waals surface area contributed by atoms with Crippen LogP contribution in [0.15, 0.2) is 18.2 Å². The summed E-state index contributed by atoms with van der Waals surface area (Å²) in [5.74, 6) is 0.465. The standard InChI is InChI=1S/C28H33ClN6O2S/c1-3-12-34-13-10-18(11-14-34)27(37)31-19-6-9-23(21(29)15-19)35-25-20(24(33-35)17-4-5-17)7-8-22-26(25)38-28(32-22)30-16(2)36/h6,9,15,17-18H,3-5,7-8,10-14H2,1-2H3,(H,31,37)(H,30,32,36). The molecule has 2 fully saturated rings. The predicted octanol–water partition coefficient (Wildman–Crippen LogP) is 5.64. The van der Waals surface area contributed by atoms with Gasteiger partial charge in [-0.15, -0.1) is 0 Å². The third-order valence-electron chi connectivity index (χ3n) is 7.73. The summed E-state index contributed by atoms with van der Waals surface area (Å²) in [6.45, 7) is 6.74. The highest BCUT2D eigenvalue weighted by atomic mass is 35.5. The van der Waals surface area contributed by atoms with E-state index in [0.717, 1.165) is 92.2 Å². The summed E-state index contributed by atoms with van der Waals surface area (Å²) in [6, 6.07) is 5.68. The van der Waals surface area contributed by atoms with E-state index in [0.29, 0.717) is 21.8 Å².